The number of fused-ring (bicyclic) bond motifs is 8. The van der Waals surface area contributed by atoms with Crippen molar-refractivity contribution in [3.8, 4) is 39.1 Å². The van der Waals surface area contributed by atoms with Gasteiger partial charge in [-0.1, -0.05) is 164 Å². The van der Waals surface area contributed by atoms with Crippen molar-refractivity contribution in [3.63, 3.8) is 0 Å². The number of hydrogen-bond acceptors (Lipinski definition) is 2. The Bertz CT molecular complexity index is 3950. The lowest BCUT2D eigenvalue weighted by Gasteiger charge is -2.28. The van der Waals surface area contributed by atoms with Gasteiger partial charge in [0, 0.05) is 59.0 Å². The molecule has 0 aliphatic carbocycles. The molecule has 65 heavy (non-hydrogen) atoms. The molecule has 3 heteroatoms. The van der Waals surface area contributed by atoms with Gasteiger partial charge in [0.25, 0.3) is 0 Å². The van der Waals surface area contributed by atoms with Crippen LogP contribution in [-0.2, 0) is 0 Å². The summed E-state index contributed by atoms with van der Waals surface area (Å²) in [6.07, 6.45) is 0. The van der Waals surface area contributed by atoms with E-state index in [1.165, 1.54) is 85.8 Å². The van der Waals surface area contributed by atoms with Crippen LogP contribution < -0.4 is 4.90 Å². The molecule has 2 heterocycles. The molecule has 0 atom stereocenters. The minimum atomic E-state index is 1.09. The van der Waals surface area contributed by atoms with Gasteiger partial charge in [0.05, 0.1) is 16.7 Å². The number of thiophene rings is 1. The van der Waals surface area contributed by atoms with Gasteiger partial charge in [-0.3, -0.25) is 0 Å². The van der Waals surface area contributed by atoms with Gasteiger partial charge in [0.2, 0.25) is 0 Å². The first-order valence-electron chi connectivity index (χ1n) is 22.2. The summed E-state index contributed by atoms with van der Waals surface area (Å²) in [6, 6.07) is 89.3. The van der Waals surface area contributed by atoms with Gasteiger partial charge in [0.15, 0.2) is 0 Å². The standard InChI is InChI=1S/C62H40N2S/c1-2-18-49(19-3-1)64-59-25-10-8-21-54(59)56-24-13-23-53(62(56)64)48-37-47(46-32-35-61-57(40-46)55-22-9-11-27-60(55)65-61)38-51(39-48)63(58-26-12-17-43-15-6-7-20-52(43)58)50-33-30-42(31-34-50)45-29-28-41-14-4-5-16-44(41)36-45/h1-40H. The third kappa shape index (κ3) is 6.31. The Kier molecular flexibility index (Phi) is 8.75. The van der Waals surface area contributed by atoms with Crippen molar-refractivity contribution in [3.05, 3.63) is 243 Å². The Labute approximate surface area is 381 Å². The van der Waals surface area contributed by atoms with Crippen molar-refractivity contribution in [2.75, 3.05) is 4.90 Å². The quantitative estimate of drug-likeness (QED) is 0.155. The second kappa shape index (κ2) is 15.2. The molecule has 2 nitrogen and oxygen atoms in total. The van der Waals surface area contributed by atoms with Crippen LogP contribution in [0, 0.1) is 0 Å². The molecule has 0 amide bonds. The number of para-hydroxylation sites is 3. The molecule has 0 N–H and O–H groups in total. The van der Waals surface area contributed by atoms with Gasteiger partial charge >= 0.3 is 0 Å². The molecule has 0 fully saturated rings. The maximum Gasteiger partial charge on any atom is 0.0619 e. The fourth-order valence-electron chi connectivity index (χ4n) is 10.1. The average Bonchev–Trinajstić information content (AvgIpc) is 3.92. The third-order valence-corrected chi connectivity index (χ3v) is 14.3. The zero-order valence-corrected chi connectivity index (χ0v) is 36.2. The molecule has 0 bridgehead atoms. The zero-order chi connectivity index (χ0) is 42.8. The van der Waals surface area contributed by atoms with E-state index >= 15 is 0 Å². The summed E-state index contributed by atoms with van der Waals surface area (Å²) >= 11 is 1.86. The maximum atomic E-state index is 2.46. The lowest BCUT2D eigenvalue weighted by Crippen LogP contribution is -2.11. The van der Waals surface area contributed by atoms with E-state index in [-0.39, 0.29) is 0 Å². The number of benzene rings is 11. The van der Waals surface area contributed by atoms with E-state index in [2.05, 4.69) is 252 Å². The van der Waals surface area contributed by atoms with Crippen LogP contribution in [0.5, 0.6) is 0 Å². The lowest BCUT2D eigenvalue weighted by molar-refractivity contribution is 1.18. The van der Waals surface area contributed by atoms with Gasteiger partial charge in [-0.15, -0.1) is 11.3 Å². The molecule has 11 aromatic carbocycles. The minimum Gasteiger partial charge on any atom is -0.310 e. The van der Waals surface area contributed by atoms with Gasteiger partial charge in [-0.05, 0) is 123 Å². The van der Waals surface area contributed by atoms with E-state index in [1.54, 1.807) is 0 Å². The maximum absolute atomic E-state index is 2.46. The largest absolute Gasteiger partial charge is 0.310 e. The molecule has 304 valence electrons. The molecule has 0 aliphatic heterocycles. The molecular weight excluding hydrogens is 805 g/mol. The highest BCUT2D eigenvalue weighted by molar-refractivity contribution is 7.25. The van der Waals surface area contributed by atoms with Gasteiger partial charge in [0.1, 0.15) is 0 Å². The molecular formula is C62H40N2S. The van der Waals surface area contributed by atoms with Crippen LogP contribution in [0.15, 0.2) is 243 Å². The highest BCUT2D eigenvalue weighted by Gasteiger charge is 2.21. The van der Waals surface area contributed by atoms with E-state index in [0.29, 0.717) is 0 Å². The normalized spacial score (nSPS) is 11.7. The fourth-order valence-corrected chi connectivity index (χ4v) is 11.2. The first-order valence-corrected chi connectivity index (χ1v) is 23.1. The SMILES string of the molecule is c1ccc(-n2c3ccccc3c3cccc(-c4cc(-c5ccc6sc7ccccc7c6c5)cc(N(c5ccc(-c6ccc7ccccc7c6)cc5)c5cccc6ccccc56)c4)c32)cc1. The molecule has 0 aliphatic rings. The number of rotatable bonds is 7. The van der Waals surface area contributed by atoms with Crippen LogP contribution in [-0.4, -0.2) is 4.57 Å². The molecule has 2 aromatic heterocycles. The van der Waals surface area contributed by atoms with Crippen molar-refractivity contribution in [2.24, 2.45) is 0 Å². The Morgan fingerprint density at radius 2 is 0.954 bits per heavy atom. The number of anilines is 3. The minimum absolute atomic E-state index is 1.09. The number of aromatic nitrogens is 1. The van der Waals surface area contributed by atoms with Gasteiger partial charge in [-0.2, -0.15) is 0 Å². The van der Waals surface area contributed by atoms with Crippen LogP contribution in [0.3, 0.4) is 0 Å². The van der Waals surface area contributed by atoms with E-state index in [4.69, 9.17) is 0 Å². The summed E-state index contributed by atoms with van der Waals surface area (Å²) < 4.78 is 5.06. The summed E-state index contributed by atoms with van der Waals surface area (Å²) in [6.45, 7) is 0. The van der Waals surface area contributed by atoms with Crippen molar-refractivity contribution in [1.82, 2.24) is 4.57 Å². The predicted molar refractivity (Wildman–Crippen MR) is 280 cm³/mol. The monoisotopic (exact) mass is 844 g/mol. The molecule has 0 spiro atoms. The van der Waals surface area contributed by atoms with E-state index in [9.17, 15) is 0 Å². The van der Waals surface area contributed by atoms with Gasteiger partial charge in [-0.25, -0.2) is 0 Å². The van der Waals surface area contributed by atoms with Crippen molar-refractivity contribution in [2.45, 2.75) is 0 Å². The Balaban J connectivity index is 1.08. The second-order valence-corrected chi connectivity index (χ2v) is 18.0. The Morgan fingerprint density at radius 3 is 1.83 bits per heavy atom. The molecule has 13 rings (SSSR count). The number of nitrogens with zero attached hydrogens (tertiary/aromatic N) is 2. The van der Waals surface area contributed by atoms with Crippen molar-refractivity contribution in [1.29, 1.82) is 0 Å². The van der Waals surface area contributed by atoms with E-state index in [1.807, 2.05) is 11.3 Å². The van der Waals surface area contributed by atoms with Crippen LogP contribution >= 0.6 is 11.3 Å². The summed E-state index contributed by atoms with van der Waals surface area (Å²) in [5, 5.41) is 9.94. The third-order valence-electron chi connectivity index (χ3n) is 13.1. The second-order valence-electron chi connectivity index (χ2n) is 16.9. The highest BCUT2D eigenvalue weighted by atomic mass is 32.1. The number of hydrogen-bond donors (Lipinski definition) is 0. The van der Waals surface area contributed by atoms with E-state index < -0.39 is 0 Å². The predicted octanol–water partition coefficient (Wildman–Crippen LogP) is 17.9. The Morgan fingerprint density at radius 1 is 0.323 bits per heavy atom. The topological polar surface area (TPSA) is 8.17 Å². The zero-order valence-electron chi connectivity index (χ0n) is 35.4. The Hall–Kier alpha value is -8.24. The van der Waals surface area contributed by atoms with Crippen molar-refractivity contribution >= 4 is 91.9 Å². The smallest absolute Gasteiger partial charge is 0.0619 e. The van der Waals surface area contributed by atoms with E-state index in [0.717, 1.165) is 33.9 Å². The molecule has 0 unspecified atom stereocenters. The lowest BCUT2D eigenvalue weighted by atomic mass is 9.94. The molecule has 0 saturated heterocycles. The summed E-state index contributed by atoms with van der Waals surface area (Å²) in [5.41, 5.74) is 13.9. The first kappa shape index (κ1) is 37.3. The van der Waals surface area contributed by atoms with Crippen LogP contribution in [0.2, 0.25) is 0 Å². The molecule has 13 aromatic rings. The summed E-state index contributed by atoms with van der Waals surface area (Å²) in [7, 11) is 0. The van der Waals surface area contributed by atoms with Gasteiger partial charge < -0.3 is 9.47 Å². The first-order chi connectivity index (χ1) is 32.2. The summed E-state index contributed by atoms with van der Waals surface area (Å²) in [5.74, 6) is 0. The highest BCUT2D eigenvalue weighted by Crippen LogP contribution is 2.46. The van der Waals surface area contributed by atoms with Crippen LogP contribution in [0.25, 0.3) is 103 Å². The van der Waals surface area contributed by atoms with Crippen LogP contribution in [0.4, 0.5) is 17.1 Å². The molecule has 0 radical (unpaired) electrons. The molecule has 0 saturated carbocycles. The summed E-state index contributed by atoms with van der Waals surface area (Å²) in [4.78, 5) is 2.46. The van der Waals surface area contributed by atoms with Crippen LogP contribution in [0.1, 0.15) is 0 Å². The average molecular weight is 845 g/mol. The van der Waals surface area contributed by atoms with Crippen molar-refractivity contribution < 1.29 is 0 Å². The fraction of sp³-hybridized carbons (Fsp3) is 0.